The zero-order chi connectivity index (χ0) is 17.1. The SMILES string of the molecule is Cn1cccc1C(=O)N1CCN(C(=O)Nc2ccc(F)cc2)CC1. The van der Waals surface area contributed by atoms with E-state index in [2.05, 4.69) is 5.32 Å². The first-order valence-corrected chi connectivity index (χ1v) is 7.77. The first kappa shape index (κ1) is 16.0. The van der Waals surface area contributed by atoms with E-state index in [4.69, 9.17) is 0 Å². The molecular weight excluding hydrogens is 311 g/mol. The molecule has 3 amide bonds. The van der Waals surface area contributed by atoms with Crippen LogP contribution >= 0.6 is 0 Å². The monoisotopic (exact) mass is 330 g/mol. The number of urea groups is 1. The summed E-state index contributed by atoms with van der Waals surface area (Å²) in [6, 6.07) is 9.01. The van der Waals surface area contributed by atoms with E-state index in [9.17, 15) is 14.0 Å². The van der Waals surface area contributed by atoms with E-state index in [1.165, 1.54) is 24.3 Å². The summed E-state index contributed by atoms with van der Waals surface area (Å²) in [5.74, 6) is -0.373. The van der Waals surface area contributed by atoms with Gasteiger partial charge in [0, 0.05) is 45.1 Å². The van der Waals surface area contributed by atoms with Gasteiger partial charge in [0.1, 0.15) is 11.5 Å². The van der Waals surface area contributed by atoms with Gasteiger partial charge in [-0.15, -0.1) is 0 Å². The molecule has 0 spiro atoms. The molecule has 2 aromatic rings. The average molecular weight is 330 g/mol. The van der Waals surface area contributed by atoms with Gasteiger partial charge in [0.05, 0.1) is 0 Å². The molecule has 6 nitrogen and oxygen atoms in total. The molecule has 3 rings (SSSR count). The maximum absolute atomic E-state index is 12.9. The van der Waals surface area contributed by atoms with Crippen LogP contribution in [0.25, 0.3) is 0 Å². The van der Waals surface area contributed by atoms with Crippen LogP contribution in [0.4, 0.5) is 14.9 Å². The number of aromatic nitrogens is 1. The minimum atomic E-state index is -0.346. The van der Waals surface area contributed by atoms with Crippen LogP contribution in [0, 0.1) is 5.82 Å². The number of hydrogen-bond donors (Lipinski definition) is 1. The maximum Gasteiger partial charge on any atom is 0.321 e. The van der Waals surface area contributed by atoms with E-state index in [0.717, 1.165) is 0 Å². The van der Waals surface area contributed by atoms with Crippen molar-refractivity contribution in [2.45, 2.75) is 0 Å². The van der Waals surface area contributed by atoms with Gasteiger partial charge < -0.3 is 19.7 Å². The van der Waals surface area contributed by atoms with Crippen molar-refractivity contribution in [3.05, 3.63) is 54.1 Å². The Kier molecular flexibility index (Phi) is 4.50. The lowest BCUT2D eigenvalue weighted by molar-refractivity contribution is 0.0662. The van der Waals surface area contributed by atoms with Crippen molar-refractivity contribution < 1.29 is 14.0 Å². The second kappa shape index (κ2) is 6.74. The highest BCUT2D eigenvalue weighted by Gasteiger charge is 2.25. The van der Waals surface area contributed by atoms with Gasteiger partial charge in [0.15, 0.2) is 0 Å². The highest BCUT2D eigenvalue weighted by molar-refractivity contribution is 5.93. The highest BCUT2D eigenvalue weighted by atomic mass is 19.1. The molecule has 0 aliphatic carbocycles. The molecule has 0 radical (unpaired) electrons. The number of nitrogens with zero attached hydrogens (tertiary/aromatic N) is 3. The molecule has 1 aromatic carbocycles. The summed E-state index contributed by atoms with van der Waals surface area (Å²) in [5, 5.41) is 2.73. The lowest BCUT2D eigenvalue weighted by Gasteiger charge is -2.34. The van der Waals surface area contributed by atoms with Crippen molar-refractivity contribution in [2.24, 2.45) is 7.05 Å². The third-order valence-electron chi connectivity index (χ3n) is 4.11. The number of aryl methyl sites for hydroxylation is 1. The normalized spacial score (nSPS) is 14.6. The predicted molar refractivity (Wildman–Crippen MR) is 88.3 cm³/mol. The summed E-state index contributed by atoms with van der Waals surface area (Å²) in [6.07, 6.45) is 1.83. The molecular formula is C17H19FN4O2. The highest BCUT2D eigenvalue weighted by Crippen LogP contribution is 2.12. The topological polar surface area (TPSA) is 57.6 Å². The molecule has 24 heavy (non-hydrogen) atoms. The minimum Gasteiger partial charge on any atom is -0.347 e. The second-order valence-corrected chi connectivity index (χ2v) is 5.72. The van der Waals surface area contributed by atoms with Crippen molar-refractivity contribution in [1.29, 1.82) is 0 Å². The fraction of sp³-hybridized carbons (Fsp3) is 0.294. The molecule has 2 heterocycles. The van der Waals surface area contributed by atoms with Crippen molar-refractivity contribution in [3.8, 4) is 0 Å². The minimum absolute atomic E-state index is 0.0268. The van der Waals surface area contributed by atoms with E-state index in [1.807, 2.05) is 19.3 Å². The third-order valence-corrected chi connectivity index (χ3v) is 4.11. The lowest BCUT2D eigenvalue weighted by atomic mass is 10.2. The van der Waals surface area contributed by atoms with Crippen molar-refractivity contribution in [1.82, 2.24) is 14.4 Å². The van der Waals surface area contributed by atoms with Gasteiger partial charge in [-0.05, 0) is 36.4 Å². The van der Waals surface area contributed by atoms with Gasteiger partial charge in [-0.3, -0.25) is 4.79 Å². The standard InChI is InChI=1S/C17H19FN4O2/c1-20-8-2-3-15(20)16(23)21-9-11-22(12-10-21)17(24)19-14-6-4-13(18)5-7-14/h2-8H,9-12H2,1H3,(H,19,24). The number of rotatable bonds is 2. The quantitative estimate of drug-likeness (QED) is 0.917. The molecule has 126 valence electrons. The van der Waals surface area contributed by atoms with Gasteiger partial charge >= 0.3 is 6.03 Å². The molecule has 7 heteroatoms. The maximum atomic E-state index is 12.9. The Morgan fingerprint density at radius 1 is 1.00 bits per heavy atom. The lowest BCUT2D eigenvalue weighted by Crippen LogP contribution is -2.51. The van der Waals surface area contributed by atoms with Crippen molar-refractivity contribution in [2.75, 3.05) is 31.5 Å². The van der Waals surface area contributed by atoms with Crippen LogP contribution in [0.15, 0.2) is 42.6 Å². The van der Waals surface area contributed by atoms with E-state index >= 15 is 0 Å². The number of benzene rings is 1. The number of carbonyl (C=O) groups excluding carboxylic acids is 2. The predicted octanol–water partition coefficient (Wildman–Crippen LogP) is 2.15. The van der Waals surface area contributed by atoms with Gasteiger partial charge in [-0.1, -0.05) is 0 Å². The largest absolute Gasteiger partial charge is 0.347 e. The molecule has 1 aliphatic rings. The number of hydrogen-bond acceptors (Lipinski definition) is 2. The Morgan fingerprint density at radius 2 is 1.62 bits per heavy atom. The molecule has 1 aromatic heterocycles. The van der Waals surface area contributed by atoms with Gasteiger partial charge in [-0.2, -0.15) is 0 Å². The fourth-order valence-corrected chi connectivity index (χ4v) is 2.69. The number of amides is 3. The fourth-order valence-electron chi connectivity index (χ4n) is 2.69. The van der Waals surface area contributed by atoms with Crippen LogP contribution in [-0.4, -0.2) is 52.5 Å². The number of piperazine rings is 1. The van der Waals surface area contributed by atoms with Crippen LogP contribution in [-0.2, 0) is 7.05 Å². The summed E-state index contributed by atoms with van der Waals surface area (Å²) < 4.78 is 14.7. The Hall–Kier alpha value is -2.83. The summed E-state index contributed by atoms with van der Waals surface area (Å²) in [6.45, 7) is 1.90. The molecule has 0 unspecified atom stereocenters. The van der Waals surface area contributed by atoms with Crippen molar-refractivity contribution in [3.63, 3.8) is 0 Å². The first-order valence-electron chi connectivity index (χ1n) is 7.77. The van der Waals surface area contributed by atoms with Gasteiger partial charge in [0.25, 0.3) is 5.91 Å². The zero-order valence-electron chi connectivity index (χ0n) is 13.4. The molecule has 0 saturated carbocycles. The summed E-state index contributed by atoms with van der Waals surface area (Å²) in [4.78, 5) is 28.1. The average Bonchev–Trinajstić information content (AvgIpc) is 3.02. The molecule has 0 bridgehead atoms. The Labute approximate surface area is 139 Å². The number of nitrogens with one attached hydrogen (secondary N) is 1. The Balaban J connectivity index is 1.55. The molecule has 1 saturated heterocycles. The van der Waals surface area contributed by atoms with E-state index in [-0.39, 0.29) is 17.8 Å². The number of halogens is 1. The van der Waals surface area contributed by atoms with Crippen LogP contribution in [0.2, 0.25) is 0 Å². The van der Waals surface area contributed by atoms with E-state index in [1.54, 1.807) is 20.4 Å². The van der Waals surface area contributed by atoms with E-state index in [0.29, 0.717) is 37.6 Å². The van der Waals surface area contributed by atoms with Crippen molar-refractivity contribution >= 4 is 17.6 Å². The molecule has 1 N–H and O–H groups in total. The first-order chi connectivity index (χ1) is 11.5. The third kappa shape index (κ3) is 3.40. The second-order valence-electron chi connectivity index (χ2n) is 5.72. The summed E-state index contributed by atoms with van der Waals surface area (Å²) >= 11 is 0. The summed E-state index contributed by atoms with van der Waals surface area (Å²) in [5.41, 5.74) is 1.18. The van der Waals surface area contributed by atoms with Crippen LogP contribution in [0.5, 0.6) is 0 Å². The summed E-state index contributed by atoms with van der Waals surface area (Å²) in [7, 11) is 1.83. The van der Waals surface area contributed by atoms with Crippen LogP contribution in [0.1, 0.15) is 10.5 Å². The zero-order valence-corrected chi connectivity index (χ0v) is 13.4. The van der Waals surface area contributed by atoms with Gasteiger partial charge in [0.2, 0.25) is 0 Å². The Bertz CT molecular complexity index is 733. The van der Waals surface area contributed by atoms with Gasteiger partial charge in [-0.25, -0.2) is 9.18 Å². The van der Waals surface area contributed by atoms with Crippen LogP contribution in [0.3, 0.4) is 0 Å². The number of carbonyl (C=O) groups is 2. The number of anilines is 1. The molecule has 0 atom stereocenters. The van der Waals surface area contributed by atoms with Crippen LogP contribution < -0.4 is 5.32 Å². The Morgan fingerprint density at radius 3 is 2.21 bits per heavy atom. The molecule has 1 fully saturated rings. The van der Waals surface area contributed by atoms with E-state index < -0.39 is 0 Å². The molecule has 1 aliphatic heterocycles. The smallest absolute Gasteiger partial charge is 0.321 e.